The van der Waals surface area contributed by atoms with Crippen LogP contribution in [0.25, 0.3) is 11.1 Å². The summed E-state index contributed by atoms with van der Waals surface area (Å²) >= 11 is 0. The van der Waals surface area contributed by atoms with Crippen LogP contribution < -0.4 is 10.5 Å². The van der Waals surface area contributed by atoms with Crippen LogP contribution in [0.3, 0.4) is 0 Å². The summed E-state index contributed by atoms with van der Waals surface area (Å²) in [5.74, 6) is -9.09. The topological polar surface area (TPSA) is 161 Å². The van der Waals surface area contributed by atoms with Gasteiger partial charge in [0.1, 0.15) is 11.5 Å². The molecule has 0 bridgehead atoms. The molecule has 39 heavy (non-hydrogen) atoms. The number of aliphatic hydroxyl groups is 1. The molecule has 204 valence electrons. The first-order chi connectivity index (χ1) is 18.4. The number of phenolic OH excluding ortho intramolecular Hbond substituents is 1. The van der Waals surface area contributed by atoms with E-state index in [1.807, 2.05) is 18.2 Å². The number of Topliss-reactive ketones (excluding diaryl/α,β-unsaturated/α-hetero) is 4. The number of ketones is 4. The number of nitrogens with two attached hydrogens (primary N) is 1. The largest absolute Gasteiger partial charge is 0.507 e. The zero-order chi connectivity index (χ0) is 28.4. The quantitative estimate of drug-likeness (QED) is 0.493. The summed E-state index contributed by atoms with van der Waals surface area (Å²) in [6.45, 7) is 4.20. The van der Waals surface area contributed by atoms with Crippen LogP contribution in [0.5, 0.6) is 11.5 Å². The fourth-order valence-corrected chi connectivity index (χ4v) is 6.78. The highest BCUT2D eigenvalue weighted by molar-refractivity contribution is 6.31. The first-order valence-corrected chi connectivity index (χ1v) is 13.1. The van der Waals surface area contributed by atoms with E-state index in [9.17, 15) is 34.2 Å². The number of primary amides is 1. The average molecular weight is 534 g/mol. The number of hydrogen-bond acceptors (Lipinski definition) is 8. The molecule has 2 saturated carbocycles. The number of aromatic hydroxyl groups is 1. The Labute approximate surface area is 225 Å². The molecular formula is C30H31NO8. The van der Waals surface area contributed by atoms with Gasteiger partial charge in [0.2, 0.25) is 5.91 Å². The molecule has 0 heterocycles. The molecule has 5 rings (SSSR count). The predicted molar refractivity (Wildman–Crippen MR) is 139 cm³/mol. The van der Waals surface area contributed by atoms with E-state index in [0.717, 1.165) is 28.9 Å². The van der Waals surface area contributed by atoms with E-state index in [1.165, 1.54) is 6.07 Å². The van der Waals surface area contributed by atoms with E-state index in [4.69, 9.17) is 10.5 Å². The monoisotopic (exact) mass is 533 g/mol. The average Bonchev–Trinajstić information content (AvgIpc) is 2.85. The van der Waals surface area contributed by atoms with E-state index in [-0.39, 0.29) is 30.6 Å². The maximum absolute atomic E-state index is 13.8. The van der Waals surface area contributed by atoms with Crippen molar-refractivity contribution in [1.82, 2.24) is 0 Å². The summed E-state index contributed by atoms with van der Waals surface area (Å²) < 4.78 is 5.53. The van der Waals surface area contributed by atoms with Crippen molar-refractivity contribution in [1.29, 1.82) is 0 Å². The van der Waals surface area contributed by atoms with Crippen LogP contribution in [0.15, 0.2) is 30.3 Å². The minimum absolute atomic E-state index is 0.0174. The Balaban J connectivity index is 1.60. The number of fused-ring (bicyclic) bond motifs is 3. The highest BCUT2D eigenvalue weighted by Crippen LogP contribution is 2.51. The van der Waals surface area contributed by atoms with Gasteiger partial charge in [-0.2, -0.15) is 0 Å². The molecule has 2 unspecified atom stereocenters. The molecule has 1 amide bonds. The Kier molecular flexibility index (Phi) is 6.45. The van der Waals surface area contributed by atoms with E-state index in [2.05, 4.69) is 13.8 Å². The van der Waals surface area contributed by atoms with Gasteiger partial charge < -0.3 is 20.7 Å². The molecule has 0 saturated heterocycles. The third kappa shape index (κ3) is 3.98. The van der Waals surface area contributed by atoms with Crippen molar-refractivity contribution in [2.24, 2.45) is 35.3 Å². The maximum atomic E-state index is 13.8. The van der Waals surface area contributed by atoms with Crippen LogP contribution in [-0.2, 0) is 32.0 Å². The number of methoxy groups -OCH3 is 1. The van der Waals surface area contributed by atoms with Crippen molar-refractivity contribution in [2.75, 3.05) is 7.11 Å². The number of phenols is 1. The third-order valence-electron chi connectivity index (χ3n) is 8.51. The first kappa shape index (κ1) is 26.7. The molecule has 9 nitrogen and oxygen atoms in total. The fourth-order valence-electron chi connectivity index (χ4n) is 6.78. The smallest absolute Gasteiger partial charge is 0.235 e. The van der Waals surface area contributed by atoms with Crippen molar-refractivity contribution >= 4 is 29.0 Å². The summed E-state index contributed by atoms with van der Waals surface area (Å²) in [7, 11) is 1.60. The third-order valence-corrected chi connectivity index (χ3v) is 8.51. The summed E-state index contributed by atoms with van der Waals surface area (Å²) in [5, 5.41) is 22.1. The Morgan fingerprint density at radius 2 is 1.82 bits per heavy atom. The zero-order valence-corrected chi connectivity index (χ0v) is 22.0. The van der Waals surface area contributed by atoms with Gasteiger partial charge >= 0.3 is 0 Å². The highest BCUT2D eigenvalue weighted by Gasteiger charge is 2.66. The van der Waals surface area contributed by atoms with Gasteiger partial charge in [-0.15, -0.1) is 0 Å². The van der Waals surface area contributed by atoms with Crippen molar-refractivity contribution in [3.63, 3.8) is 0 Å². The molecular weight excluding hydrogens is 502 g/mol. The van der Waals surface area contributed by atoms with Crippen LogP contribution in [0.2, 0.25) is 0 Å². The standard InChI is InChI=1S/C30H31NO8/c1-13(2)8-15-9-14(4-7-22(15)39-3)18-5-6-20(32)24-19(18)11-16-10-17-12-21(33)25(29(31)37)28(36)30(17,38)27(35)23(16)26(24)34/h4-7,9,13,16-17,23,25,32,38H,8,10-12H2,1-3H3,(H2,31,37)/t16-,17+,23?,25?,30+/m1/s1. The molecule has 2 aromatic rings. The number of benzene rings is 2. The lowest BCUT2D eigenvalue weighted by Gasteiger charge is -2.48. The molecule has 0 aliphatic heterocycles. The minimum Gasteiger partial charge on any atom is -0.507 e. The predicted octanol–water partition coefficient (Wildman–Crippen LogP) is 2.20. The van der Waals surface area contributed by atoms with Crippen LogP contribution in [0.4, 0.5) is 0 Å². The van der Waals surface area contributed by atoms with E-state index in [0.29, 0.717) is 11.5 Å². The van der Waals surface area contributed by atoms with Crippen molar-refractivity contribution in [3.8, 4) is 22.6 Å². The molecule has 2 fully saturated rings. The molecule has 3 aliphatic rings. The Hall–Kier alpha value is -3.85. The second-order valence-corrected chi connectivity index (χ2v) is 11.3. The van der Waals surface area contributed by atoms with E-state index < -0.39 is 58.3 Å². The van der Waals surface area contributed by atoms with E-state index >= 15 is 0 Å². The van der Waals surface area contributed by atoms with Gasteiger partial charge in [0.05, 0.1) is 18.6 Å². The molecule has 3 aliphatic carbocycles. The van der Waals surface area contributed by atoms with Crippen molar-refractivity contribution < 1.29 is 38.9 Å². The number of ether oxygens (including phenoxy) is 1. The number of carbonyl (C=O) groups is 5. The first-order valence-electron chi connectivity index (χ1n) is 13.1. The Bertz CT molecular complexity index is 1440. The lowest BCUT2D eigenvalue weighted by atomic mass is 9.53. The van der Waals surface area contributed by atoms with Gasteiger partial charge in [0.25, 0.3) is 0 Å². The van der Waals surface area contributed by atoms with Crippen LogP contribution in [0, 0.1) is 29.6 Å². The SMILES string of the molecule is COc1ccc(-c2ccc(O)c3c2C[C@H]2C[C@H]4CC(=O)C(C(N)=O)C(=O)[C@@]4(O)C(=O)C2C3=O)cc1CC(C)C. The molecule has 2 aromatic carbocycles. The second kappa shape index (κ2) is 9.41. The maximum Gasteiger partial charge on any atom is 0.235 e. The lowest BCUT2D eigenvalue weighted by molar-refractivity contribution is -0.175. The van der Waals surface area contributed by atoms with Crippen molar-refractivity contribution in [3.05, 3.63) is 47.0 Å². The number of carbonyl (C=O) groups excluding carboxylic acids is 5. The summed E-state index contributed by atoms with van der Waals surface area (Å²) in [6.07, 6.45) is 0.679. The summed E-state index contributed by atoms with van der Waals surface area (Å²) in [4.78, 5) is 64.9. The molecule has 0 spiro atoms. The fraction of sp³-hybridized carbons (Fsp3) is 0.433. The minimum atomic E-state index is -2.66. The molecule has 0 aromatic heterocycles. The van der Waals surface area contributed by atoms with Crippen molar-refractivity contribution in [2.45, 2.75) is 45.1 Å². The van der Waals surface area contributed by atoms with Crippen LogP contribution in [0.1, 0.15) is 48.2 Å². The van der Waals surface area contributed by atoms with Gasteiger partial charge in [-0.3, -0.25) is 24.0 Å². The lowest BCUT2D eigenvalue weighted by Crippen LogP contribution is -2.68. The van der Waals surface area contributed by atoms with E-state index in [1.54, 1.807) is 13.2 Å². The number of amides is 1. The molecule has 4 N–H and O–H groups in total. The second-order valence-electron chi connectivity index (χ2n) is 11.3. The molecule has 9 heteroatoms. The Morgan fingerprint density at radius 3 is 2.46 bits per heavy atom. The van der Waals surface area contributed by atoms with Crippen LogP contribution >= 0.6 is 0 Å². The molecule has 0 radical (unpaired) electrons. The normalized spacial score (nSPS) is 28.1. The van der Waals surface area contributed by atoms with Gasteiger partial charge in [0, 0.05) is 12.3 Å². The van der Waals surface area contributed by atoms with Gasteiger partial charge in [-0.05, 0) is 71.6 Å². The summed E-state index contributed by atoms with van der Waals surface area (Å²) in [6, 6.07) is 8.86. The van der Waals surface area contributed by atoms with Crippen LogP contribution in [-0.4, -0.2) is 52.0 Å². The Morgan fingerprint density at radius 1 is 1.10 bits per heavy atom. The van der Waals surface area contributed by atoms with Gasteiger partial charge in [-0.1, -0.05) is 26.0 Å². The zero-order valence-electron chi connectivity index (χ0n) is 22.0. The molecule has 5 atom stereocenters. The van der Waals surface area contributed by atoms with Gasteiger partial charge in [0.15, 0.2) is 34.7 Å². The highest BCUT2D eigenvalue weighted by atomic mass is 16.5. The number of rotatable bonds is 5. The number of hydrogen-bond donors (Lipinski definition) is 3. The summed E-state index contributed by atoms with van der Waals surface area (Å²) in [5.41, 5.74) is 5.67. The van der Waals surface area contributed by atoms with Gasteiger partial charge in [-0.25, -0.2) is 0 Å².